The topological polar surface area (TPSA) is 80.0 Å². The lowest BCUT2D eigenvalue weighted by molar-refractivity contribution is 0.508. The van der Waals surface area contributed by atoms with Crippen LogP contribution in [-0.2, 0) is 25.9 Å². The quantitative estimate of drug-likeness (QED) is 0.371. The van der Waals surface area contributed by atoms with E-state index in [4.69, 9.17) is 0 Å². The summed E-state index contributed by atoms with van der Waals surface area (Å²) in [5.74, 6) is 2.88. The number of halogens is 1. The van der Waals surface area contributed by atoms with E-state index in [1.54, 1.807) is 11.3 Å². The number of guanidine groups is 1. The van der Waals surface area contributed by atoms with Crippen molar-refractivity contribution in [2.75, 3.05) is 13.1 Å². The molecule has 1 aliphatic rings. The van der Waals surface area contributed by atoms with Gasteiger partial charge in [0.05, 0.1) is 10.7 Å². The zero-order valence-electron chi connectivity index (χ0n) is 15.7. The van der Waals surface area contributed by atoms with Crippen molar-refractivity contribution in [2.24, 2.45) is 4.99 Å². The molecule has 0 radical (unpaired) electrons. The lowest BCUT2D eigenvalue weighted by atomic mass is 10.2. The molecule has 0 unspecified atom stereocenters. The van der Waals surface area contributed by atoms with E-state index in [1.807, 2.05) is 0 Å². The van der Waals surface area contributed by atoms with Crippen molar-refractivity contribution >= 4 is 41.3 Å². The van der Waals surface area contributed by atoms with Crippen molar-refractivity contribution in [3.63, 3.8) is 0 Å². The maximum Gasteiger partial charge on any atom is 0.191 e. The van der Waals surface area contributed by atoms with Gasteiger partial charge in [0.25, 0.3) is 0 Å². The highest BCUT2D eigenvalue weighted by Gasteiger charge is 2.15. The molecule has 3 rings (SSSR count). The van der Waals surface area contributed by atoms with Crippen LogP contribution >= 0.6 is 35.3 Å². The second-order valence-corrected chi connectivity index (χ2v) is 7.55. The largest absolute Gasteiger partial charge is 0.357 e. The van der Waals surface area contributed by atoms with Crippen molar-refractivity contribution in [3.05, 3.63) is 27.2 Å². The minimum atomic E-state index is 0. The molecule has 0 aromatic carbocycles. The molecule has 0 fully saturated rings. The second-order valence-electron chi connectivity index (χ2n) is 6.26. The first-order chi connectivity index (χ1) is 12.2. The SMILES string of the molecule is CCNC(=NCc1nnc2n1CCCC2)NCCc1nc(C)c(C)s1.I. The predicted octanol–water partition coefficient (Wildman–Crippen LogP) is 2.60. The van der Waals surface area contributed by atoms with Crippen LogP contribution in [0.4, 0.5) is 0 Å². The summed E-state index contributed by atoms with van der Waals surface area (Å²) in [6.07, 6.45) is 4.35. The fourth-order valence-electron chi connectivity index (χ4n) is 2.91. The van der Waals surface area contributed by atoms with Gasteiger partial charge in [0.15, 0.2) is 11.8 Å². The summed E-state index contributed by atoms with van der Waals surface area (Å²) in [6, 6.07) is 0. The van der Waals surface area contributed by atoms with Crippen molar-refractivity contribution in [3.8, 4) is 0 Å². The van der Waals surface area contributed by atoms with E-state index in [9.17, 15) is 0 Å². The van der Waals surface area contributed by atoms with Crippen LogP contribution in [0.15, 0.2) is 4.99 Å². The predicted molar refractivity (Wildman–Crippen MR) is 116 cm³/mol. The number of hydrogen-bond donors (Lipinski definition) is 2. The number of thiazole rings is 1. The molecule has 2 aromatic heterocycles. The fraction of sp³-hybridized carbons (Fsp3) is 0.647. The van der Waals surface area contributed by atoms with Crippen LogP contribution in [0.5, 0.6) is 0 Å². The number of aliphatic imine (C=N–C) groups is 1. The van der Waals surface area contributed by atoms with Crippen LogP contribution < -0.4 is 10.6 Å². The summed E-state index contributed by atoms with van der Waals surface area (Å²) < 4.78 is 2.22. The molecule has 0 saturated carbocycles. The third-order valence-electron chi connectivity index (χ3n) is 4.36. The molecule has 0 spiro atoms. The van der Waals surface area contributed by atoms with E-state index in [0.29, 0.717) is 6.54 Å². The molecule has 0 amide bonds. The number of aromatic nitrogens is 4. The highest BCUT2D eigenvalue weighted by molar-refractivity contribution is 14.0. The van der Waals surface area contributed by atoms with Crippen molar-refractivity contribution in [2.45, 2.75) is 59.5 Å². The molecule has 1 aliphatic heterocycles. The molecule has 0 saturated heterocycles. The average molecular weight is 489 g/mol. The highest BCUT2D eigenvalue weighted by atomic mass is 127. The first-order valence-corrected chi connectivity index (χ1v) is 9.85. The van der Waals surface area contributed by atoms with Crippen LogP contribution in [0.25, 0.3) is 0 Å². The van der Waals surface area contributed by atoms with Gasteiger partial charge in [0.2, 0.25) is 0 Å². The van der Waals surface area contributed by atoms with Gasteiger partial charge in [0.1, 0.15) is 12.4 Å². The second kappa shape index (κ2) is 10.2. The van der Waals surface area contributed by atoms with Gasteiger partial charge in [-0.3, -0.25) is 0 Å². The summed E-state index contributed by atoms with van der Waals surface area (Å²) in [5.41, 5.74) is 1.14. The highest BCUT2D eigenvalue weighted by Crippen LogP contribution is 2.16. The lowest BCUT2D eigenvalue weighted by Crippen LogP contribution is -2.38. The molecule has 0 atom stereocenters. The Morgan fingerprint density at radius 3 is 2.81 bits per heavy atom. The first kappa shape index (κ1) is 21.1. The normalized spacial score (nSPS) is 13.9. The molecule has 26 heavy (non-hydrogen) atoms. The Balaban J connectivity index is 0.00000243. The fourth-order valence-corrected chi connectivity index (χ4v) is 3.84. The number of nitrogens with zero attached hydrogens (tertiary/aromatic N) is 5. The molecule has 0 aliphatic carbocycles. The molecule has 2 N–H and O–H groups in total. The Kier molecular flexibility index (Phi) is 8.26. The molecular weight excluding hydrogens is 461 g/mol. The Morgan fingerprint density at radius 1 is 1.23 bits per heavy atom. The molecular formula is C17H28IN7S. The number of rotatable bonds is 6. The van der Waals surface area contributed by atoms with E-state index >= 15 is 0 Å². The van der Waals surface area contributed by atoms with E-state index in [2.05, 4.69) is 56.1 Å². The number of hydrogen-bond acceptors (Lipinski definition) is 5. The van der Waals surface area contributed by atoms with E-state index < -0.39 is 0 Å². The minimum absolute atomic E-state index is 0. The maximum atomic E-state index is 4.67. The standard InChI is InChI=1S/C17H27N7S.HI/c1-4-18-17(19-9-8-16-21-12(2)13(3)25-16)20-11-15-23-22-14-7-5-6-10-24(14)15;/h4-11H2,1-3H3,(H2,18,19,20);1H. The zero-order valence-corrected chi connectivity index (χ0v) is 18.9. The monoisotopic (exact) mass is 489 g/mol. The maximum absolute atomic E-state index is 4.67. The zero-order chi connectivity index (χ0) is 17.6. The van der Waals surface area contributed by atoms with Gasteiger partial charge >= 0.3 is 0 Å². The summed E-state index contributed by atoms with van der Waals surface area (Å²) in [4.78, 5) is 10.6. The third kappa shape index (κ3) is 5.38. The molecule has 2 aromatic rings. The van der Waals surface area contributed by atoms with Gasteiger partial charge < -0.3 is 15.2 Å². The summed E-state index contributed by atoms with van der Waals surface area (Å²) in [6.45, 7) is 9.47. The van der Waals surface area contributed by atoms with Crippen molar-refractivity contribution in [1.29, 1.82) is 0 Å². The Bertz CT molecular complexity index is 718. The van der Waals surface area contributed by atoms with E-state index in [1.165, 1.54) is 22.7 Å². The Labute approximate surface area is 176 Å². The molecule has 9 heteroatoms. The van der Waals surface area contributed by atoms with Gasteiger partial charge in [-0.2, -0.15) is 0 Å². The summed E-state index contributed by atoms with van der Waals surface area (Å²) in [5, 5.41) is 16.5. The van der Waals surface area contributed by atoms with Gasteiger partial charge in [-0.1, -0.05) is 0 Å². The van der Waals surface area contributed by atoms with Gasteiger partial charge in [-0.25, -0.2) is 9.98 Å². The van der Waals surface area contributed by atoms with Gasteiger partial charge in [-0.05, 0) is 33.6 Å². The van der Waals surface area contributed by atoms with Crippen LogP contribution in [-0.4, -0.2) is 38.8 Å². The number of fused-ring (bicyclic) bond motifs is 1. The average Bonchev–Trinajstić information content (AvgIpc) is 3.16. The van der Waals surface area contributed by atoms with Crippen LogP contribution in [0.1, 0.15) is 47.0 Å². The lowest BCUT2D eigenvalue weighted by Gasteiger charge is -2.14. The molecule has 3 heterocycles. The number of nitrogens with one attached hydrogen (secondary N) is 2. The van der Waals surface area contributed by atoms with Crippen LogP contribution in [0.3, 0.4) is 0 Å². The third-order valence-corrected chi connectivity index (χ3v) is 5.50. The minimum Gasteiger partial charge on any atom is -0.357 e. The van der Waals surface area contributed by atoms with Crippen molar-refractivity contribution < 1.29 is 0 Å². The molecule has 144 valence electrons. The van der Waals surface area contributed by atoms with Gasteiger partial charge in [-0.15, -0.1) is 45.5 Å². The van der Waals surface area contributed by atoms with Crippen LogP contribution in [0.2, 0.25) is 0 Å². The summed E-state index contributed by atoms with van der Waals surface area (Å²) >= 11 is 1.77. The van der Waals surface area contributed by atoms with Gasteiger partial charge in [0, 0.05) is 37.4 Å². The number of aryl methyl sites for hydroxylation is 3. The Hall–Kier alpha value is -1.23. The summed E-state index contributed by atoms with van der Waals surface area (Å²) in [7, 11) is 0. The van der Waals surface area contributed by atoms with Crippen molar-refractivity contribution in [1.82, 2.24) is 30.4 Å². The molecule has 7 nitrogen and oxygen atoms in total. The first-order valence-electron chi connectivity index (χ1n) is 9.03. The van der Waals surface area contributed by atoms with Crippen LogP contribution in [0, 0.1) is 13.8 Å². The smallest absolute Gasteiger partial charge is 0.191 e. The van der Waals surface area contributed by atoms with E-state index in [-0.39, 0.29) is 24.0 Å². The Morgan fingerprint density at radius 2 is 2.08 bits per heavy atom. The van der Waals surface area contributed by atoms with E-state index in [0.717, 1.165) is 55.8 Å². The molecule has 0 bridgehead atoms.